The second-order valence-corrected chi connectivity index (χ2v) is 7.12. The van der Waals surface area contributed by atoms with Crippen molar-refractivity contribution in [3.05, 3.63) is 74.9 Å². The summed E-state index contributed by atoms with van der Waals surface area (Å²) >= 11 is 7.69. The van der Waals surface area contributed by atoms with Gasteiger partial charge in [0.05, 0.1) is 5.39 Å². The fraction of sp³-hybridized carbons (Fsp3) is 0.0500. The SMILES string of the molecule is CC(=O)c1ccc(-c2nc3scc(-c4ccccc4Cl)c3c(=O)[nH]2)cc1. The molecule has 6 heteroatoms. The molecule has 4 aromatic rings. The van der Waals surface area contributed by atoms with Crippen molar-refractivity contribution in [2.75, 3.05) is 0 Å². The van der Waals surface area contributed by atoms with Gasteiger partial charge in [-0.25, -0.2) is 4.98 Å². The molecular weight excluding hydrogens is 368 g/mol. The maximum atomic E-state index is 12.7. The molecule has 0 fully saturated rings. The Hall–Kier alpha value is -2.76. The number of ketones is 1. The third kappa shape index (κ3) is 2.85. The van der Waals surface area contributed by atoms with E-state index in [0.717, 1.165) is 16.7 Å². The Morgan fingerprint density at radius 1 is 1.08 bits per heavy atom. The fourth-order valence-corrected chi connectivity index (χ4v) is 4.00. The van der Waals surface area contributed by atoms with E-state index < -0.39 is 0 Å². The normalized spacial score (nSPS) is 11.0. The number of rotatable bonds is 3. The quantitative estimate of drug-likeness (QED) is 0.498. The molecule has 0 bridgehead atoms. The monoisotopic (exact) mass is 380 g/mol. The fourth-order valence-electron chi connectivity index (χ4n) is 2.83. The number of aromatic amines is 1. The molecule has 0 radical (unpaired) electrons. The van der Waals surface area contributed by atoms with E-state index in [9.17, 15) is 9.59 Å². The Morgan fingerprint density at radius 3 is 2.50 bits per heavy atom. The van der Waals surface area contributed by atoms with E-state index in [1.807, 2.05) is 23.6 Å². The van der Waals surface area contributed by atoms with Crippen molar-refractivity contribution in [1.82, 2.24) is 9.97 Å². The number of hydrogen-bond acceptors (Lipinski definition) is 4. The molecule has 0 aliphatic rings. The number of nitrogens with one attached hydrogen (secondary N) is 1. The highest BCUT2D eigenvalue weighted by molar-refractivity contribution is 7.17. The van der Waals surface area contributed by atoms with Crippen LogP contribution in [0.25, 0.3) is 32.7 Å². The van der Waals surface area contributed by atoms with Crippen molar-refractivity contribution >= 4 is 38.9 Å². The number of carbonyl (C=O) groups excluding carboxylic acids is 1. The smallest absolute Gasteiger partial charge is 0.260 e. The number of fused-ring (bicyclic) bond motifs is 1. The maximum Gasteiger partial charge on any atom is 0.260 e. The van der Waals surface area contributed by atoms with Gasteiger partial charge in [-0.1, -0.05) is 54.1 Å². The third-order valence-electron chi connectivity index (χ3n) is 4.17. The molecule has 2 aromatic carbocycles. The number of H-pyrrole nitrogens is 1. The lowest BCUT2D eigenvalue weighted by Crippen LogP contribution is -2.09. The zero-order chi connectivity index (χ0) is 18.3. The number of aromatic nitrogens is 2. The van der Waals surface area contributed by atoms with Gasteiger partial charge in [-0.05, 0) is 13.0 Å². The first kappa shape index (κ1) is 16.7. The molecule has 4 rings (SSSR count). The lowest BCUT2D eigenvalue weighted by atomic mass is 10.1. The zero-order valence-electron chi connectivity index (χ0n) is 13.7. The molecule has 0 unspecified atom stereocenters. The average molecular weight is 381 g/mol. The van der Waals surface area contributed by atoms with Crippen LogP contribution in [-0.2, 0) is 0 Å². The first-order valence-electron chi connectivity index (χ1n) is 7.92. The highest BCUT2D eigenvalue weighted by atomic mass is 35.5. The van der Waals surface area contributed by atoms with Gasteiger partial charge in [0, 0.05) is 32.7 Å². The summed E-state index contributed by atoms with van der Waals surface area (Å²) in [4.78, 5) is 32.2. The minimum Gasteiger partial charge on any atom is -0.306 e. The van der Waals surface area contributed by atoms with E-state index in [4.69, 9.17) is 11.6 Å². The molecule has 4 nitrogen and oxygen atoms in total. The van der Waals surface area contributed by atoms with Crippen molar-refractivity contribution in [3.8, 4) is 22.5 Å². The van der Waals surface area contributed by atoms with Gasteiger partial charge >= 0.3 is 0 Å². The molecule has 0 saturated heterocycles. The predicted molar refractivity (Wildman–Crippen MR) is 106 cm³/mol. The second-order valence-electron chi connectivity index (χ2n) is 5.86. The number of halogens is 1. The maximum absolute atomic E-state index is 12.7. The van der Waals surface area contributed by atoms with Crippen LogP contribution in [0.2, 0.25) is 5.02 Å². The highest BCUT2D eigenvalue weighted by Gasteiger charge is 2.15. The van der Waals surface area contributed by atoms with Crippen molar-refractivity contribution in [2.24, 2.45) is 0 Å². The summed E-state index contributed by atoms with van der Waals surface area (Å²) in [6.07, 6.45) is 0. The Balaban J connectivity index is 1.85. The van der Waals surface area contributed by atoms with Crippen LogP contribution < -0.4 is 5.56 Å². The molecule has 0 saturated carbocycles. The first-order valence-corrected chi connectivity index (χ1v) is 9.18. The van der Waals surface area contributed by atoms with Crippen LogP contribution in [0.15, 0.2) is 58.7 Å². The van der Waals surface area contributed by atoms with E-state index in [2.05, 4.69) is 9.97 Å². The van der Waals surface area contributed by atoms with Gasteiger partial charge in [-0.2, -0.15) is 0 Å². The largest absolute Gasteiger partial charge is 0.306 e. The molecule has 0 aliphatic carbocycles. The third-order valence-corrected chi connectivity index (χ3v) is 5.37. The van der Waals surface area contributed by atoms with Crippen molar-refractivity contribution < 1.29 is 4.79 Å². The molecule has 0 aliphatic heterocycles. The van der Waals surface area contributed by atoms with E-state index in [1.54, 1.807) is 30.3 Å². The van der Waals surface area contributed by atoms with E-state index in [0.29, 0.717) is 26.6 Å². The summed E-state index contributed by atoms with van der Waals surface area (Å²) in [7, 11) is 0. The van der Waals surface area contributed by atoms with Crippen molar-refractivity contribution in [2.45, 2.75) is 6.92 Å². The summed E-state index contributed by atoms with van der Waals surface area (Å²) in [5.41, 5.74) is 2.75. The number of Topliss-reactive ketones (excluding diaryl/α,β-unsaturated/α-hetero) is 1. The van der Waals surface area contributed by atoms with E-state index >= 15 is 0 Å². The first-order chi connectivity index (χ1) is 12.5. The Labute approximate surface area is 158 Å². The van der Waals surface area contributed by atoms with Gasteiger partial charge in [0.25, 0.3) is 5.56 Å². The lowest BCUT2D eigenvalue weighted by Gasteiger charge is -2.04. The molecule has 1 N–H and O–H groups in total. The standard InChI is InChI=1S/C20H13ClN2O2S/c1-11(24)12-6-8-13(9-7-12)18-22-19(25)17-15(10-26-20(17)23-18)14-4-2-3-5-16(14)21/h2-10H,1H3,(H,22,23,25). The summed E-state index contributed by atoms with van der Waals surface area (Å²) in [5, 5.41) is 3.03. The number of carbonyl (C=O) groups is 1. The highest BCUT2D eigenvalue weighted by Crippen LogP contribution is 2.35. The Kier molecular flexibility index (Phi) is 4.18. The Morgan fingerprint density at radius 2 is 1.81 bits per heavy atom. The van der Waals surface area contributed by atoms with Gasteiger partial charge in [0.15, 0.2) is 5.78 Å². The van der Waals surface area contributed by atoms with Crippen molar-refractivity contribution in [3.63, 3.8) is 0 Å². The van der Waals surface area contributed by atoms with Gasteiger partial charge in [-0.15, -0.1) is 11.3 Å². The Bertz CT molecular complexity index is 1190. The summed E-state index contributed by atoms with van der Waals surface area (Å²) in [6, 6.07) is 14.4. The van der Waals surface area contributed by atoms with Gasteiger partial charge in [0.1, 0.15) is 10.7 Å². The topological polar surface area (TPSA) is 62.8 Å². The van der Waals surface area contributed by atoms with Gasteiger partial charge in [-0.3, -0.25) is 9.59 Å². The van der Waals surface area contributed by atoms with E-state index in [1.165, 1.54) is 18.3 Å². The number of nitrogens with zero attached hydrogens (tertiary/aromatic N) is 1. The van der Waals surface area contributed by atoms with Gasteiger partial charge < -0.3 is 4.98 Å². The summed E-state index contributed by atoms with van der Waals surface area (Å²) in [6.45, 7) is 1.52. The minimum atomic E-state index is -0.211. The van der Waals surface area contributed by atoms with Crippen LogP contribution in [0.3, 0.4) is 0 Å². The number of hydrogen-bond donors (Lipinski definition) is 1. The summed E-state index contributed by atoms with van der Waals surface area (Å²) < 4.78 is 0. The van der Waals surface area contributed by atoms with Crippen LogP contribution in [0.1, 0.15) is 17.3 Å². The predicted octanol–water partition coefficient (Wildman–Crippen LogP) is 5.17. The molecule has 2 aromatic heterocycles. The van der Waals surface area contributed by atoms with Crippen LogP contribution in [0, 0.1) is 0 Å². The average Bonchev–Trinajstić information content (AvgIpc) is 3.06. The van der Waals surface area contributed by atoms with Crippen molar-refractivity contribution in [1.29, 1.82) is 0 Å². The zero-order valence-corrected chi connectivity index (χ0v) is 15.3. The lowest BCUT2D eigenvalue weighted by molar-refractivity contribution is 0.101. The summed E-state index contributed by atoms with van der Waals surface area (Å²) in [5.74, 6) is 0.473. The molecule has 0 amide bonds. The van der Waals surface area contributed by atoms with E-state index in [-0.39, 0.29) is 11.3 Å². The van der Waals surface area contributed by atoms with Crippen LogP contribution in [0.4, 0.5) is 0 Å². The van der Waals surface area contributed by atoms with Crippen LogP contribution in [0.5, 0.6) is 0 Å². The molecule has 128 valence electrons. The number of benzene rings is 2. The molecular formula is C20H13ClN2O2S. The minimum absolute atomic E-state index is 0.00362. The van der Waals surface area contributed by atoms with Crippen LogP contribution >= 0.6 is 22.9 Å². The molecule has 0 atom stereocenters. The second kappa shape index (κ2) is 6.52. The molecule has 0 spiro atoms. The van der Waals surface area contributed by atoms with Crippen LogP contribution in [-0.4, -0.2) is 15.8 Å². The molecule has 26 heavy (non-hydrogen) atoms. The van der Waals surface area contributed by atoms with Gasteiger partial charge in [0.2, 0.25) is 0 Å². The number of thiophene rings is 1. The molecule has 2 heterocycles.